The third-order valence-electron chi connectivity index (χ3n) is 2.45. The molecular formula is C14H13BrN2S2. The van der Waals surface area contributed by atoms with E-state index in [-0.39, 0.29) is 0 Å². The van der Waals surface area contributed by atoms with E-state index in [9.17, 15) is 0 Å². The number of hydrogen-bond acceptors (Lipinski definition) is 2. The highest BCUT2D eigenvalue weighted by molar-refractivity contribution is 9.10. The molecule has 0 heterocycles. The van der Waals surface area contributed by atoms with Crippen molar-refractivity contribution in [2.24, 2.45) is 0 Å². The molecule has 0 aliphatic heterocycles. The molecule has 98 valence electrons. The highest BCUT2D eigenvalue weighted by Crippen LogP contribution is 2.22. The third-order valence-corrected chi connectivity index (χ3v) is 4.07. The van der Waals surface area contributed by atoms with Gasteiger partial charge in [0.1, 0.15) is 0 Å². The summed E-state index contributed by atoms with van der Waals surface area (Å²) in [5, 5.41) is 6.92. The van der Waals surface area contributed by atoms with Crippen molar-refractivity contribution in [2.75, 3.05) is 16.9 Å². The van der Waals surface area contributed by atoms with Crippen LogP contribution in [0, 0.1) is 0 Å². The summed E-state index contributed by atoms with van der Waals surface area (Å²) in [4.78, 5) is 1.20. The molecule has 2 nitrogen and oxygen atoms in total. The predicted molar refractivity (Wildman–Crippen MR) is 92.2 cm³/mol. The van der Waals surface area contributed by atoms with Gasteiger partial charge in [-0.3, -0.25) is 0 Å². The van der Waals surface area contributed by atoms with E-state index in [1.807, 2.05) is 36.4 Å². The lowest BCUT2D eigenvalue weighted by Gasteiger charge is -2.12. The Morgan fingerprint density at radius 1 is 1.11 bits per heavy atom. The van der Waals surface area contributed by atoms with E-state index in [0.29, 0.717) is 5.11 Å². The van der Waals surface area contributed by atoms with Gasteiger partial charge in [0.05, 0.1) is 5.69 Å². The molecule has 0 fully saturated rings. The summed E-state index contributed by atoms with van der Waals surface area (Å²) in [7, 11) is 0. The molecular weight excluding hydrogens is 340 g/mol. The van der Waals surface area contributed by atoms with Crippen LogP contribution in [0.15, 0.2) is 57.9 Å². The van der Waals surface area contributed by atoms with Crippen LogP contribution in [0.25, 0.3) is 0 Å². The molecule has 5 heteroatoms. The van der Waals surface area contributed by atoms with Crippen molar-refractivity contribution in [3.8, 4) is 0 Å². The third kappa shape index (κ3) is 4.23. The Morgan fingerprint density at radius 3 is 2.63 bits per heavy atom. The zero-order valence-corrected chi connectivity index (χ0v) is 13.5. The van der Waals surface area contributed by atoms with Crippen molar-refractivity contribution in [1.29, 1.82) is 0 Å². The van der Waals surface area contributed by atoms with Crippen LogP contribution in [0.1, 0.15) is 0 Å². The quantitative estimate of drug-likeness (QED) is 0.600. The molecule has 0 saturated heterocycles. The smallest absolute Gasteiger partial charge is 0.175 e. The van der Waals surface area contributed by atoms with Crippen LogP contribution < -0.4 is 10.6 Å². The number of thiocarbonyl (C=S) groups is 1. The highest BCUT2D eigenvalue weighted by atomic mass is 79.9. The molecule has 0 saturated carbocycles. The monoisotopic (exact) mass is 352 g/mol. The second-order valence-electron chi connectivity index (χ2n) is 3.79. The fourth-order valence-corrected chi connectivity index (χ4v) is 2.62. The molecule has 0 amide bonds. The molecule has 2 rings (SSSR count). The molecule has 2 aromatic carbocycles. The fourth-order valence-electron chi connectivity index (χ4n) is 1.55. The van der Waals surface area contributed by atoms with E-state index >= 15 is 0 Å². The Balaban J connectivity index is 2.03. The summed E-state index contributed by atoms with van der Waals surface area (Å²) in [5.74, 6) is 0. The van der Waals surface area contributed by atoms with E-state index in [1.165, 1.54) is 4.90 Å². The Labute approximate surface area is 131 Å². The minimum absolute atomic E-state index is 0.574. The molecule has 0 spiro atoms. The first kappa shape index (κ1) is 14.4. The molecule has 0 aromatic heterocycles. The first-order chi connectivity index (χ1) is 9.19. The molecule has 0 unspecified atom stereocenters. The van der Waals surface area contributed by atoms with Gasteiger partial charge in [-0.15, -0.1) is 11.8 Å². The number of para-hydroxylation sites is 1. The van der Waals surface area contributed by atoms with E-state index in [4.69, 9.17) is 12.2 Å². The van der Waals surface area contributed by atoms with E-state index in [2.05, 4.69) is 45.0 Å². The zero-order chi connectivity index (χ0) is 13.7. The van der Waals surface area contributed by atoms with Gasteiger partial charge in [0, 0.05) is 15.1 Å². The second kappa shape index (κ2) is 6.93. The van der Waals surface area contributed by atoms with Crippen LogP contribution >= 0.6 is 39.9 Å². The van der Waals surface area contributed by atoms with Gasteiger partial charge in [-0.1, -0.05) is 18.2 Å². The van der Waals surface area contributed by atoms with Crippen LogP contribution in [0.5, 0.6) is 0 Å². The van der Waals surface area contributed by atoms with Crippen LogP contribution in [-0.2, 0) is 0 Å². The van der Waals surface area contributed by atoms with Gasteiger partial charge in [0.2, 0.25) is 0 Å². The second-order valence-corrected chi connectivity index (χ2v) is 5.93. The average Bonchev–Trinajstić information content (AvgIpc) is 2.41. The minimum Gasteiger partial charge on any atom is -0.332 e. The van der Waals surface area contributed by atoms with Gasteiger partial charge < -0.3 is 10.6 Å². The molecule has 0 atom stereocenters. The van der Waals surface area contributed by atoms with Crippen molar-refractivity contribution < 1.29 is 0 Å². The standard InChI is InChI=1S/C14H13BrN2S2/c1-19-11-6-4-5-10(9-11)16-14(18)17-13-8-3-2-7-12(13)15/h2-9H,1H3,(H2,16,17,18). The van der Waals surface area contributed by atoms with Gasteiger partial charge in [0.15, 0.2) is 5.11 Å². The number of hydrogen-bond donors (Lipinski definition) is 2. The lowest BCUT2D eigenvalue weighted by Crippen LogP contribution is -2.19. The van der Waals surface area contributed by atoms with E-state index < -0.39 is 0 Å². The molecule has 0 radical (unpaired) electrons. The first-order valence-corrected chi connectivity index (χ1v) is 8.08. The number of halogens is 1. The highest BCUT2D eigenvalue weighted by Gasteiger charge is 2.02. The number of anilines is 2. The Kier molecular flexibility index (Phi) is 5.24. The molecule has 0 aliphatic carbocycles. The summed E-state index contributed by atoms with van der Waals surface area (Å²) >= 11 is 10.5. The maximum absolute atomic E-state index is 5.31. The van der Waals surface area contributed by atoms with Crippen molar-refractivity contribution in [1.82, 2.24) is 0 Å². The minimum atomic E-state index is 0.574. The maximum atomic E-state index is 5.31. The number of thioether (sulfide) groups is 1. The summed E-state index contributed by atoms with van der Waals surface area (Å²) in [6.07, 6.45) is 2.05. The van der Waals surface area contributed by atoms with Crippen LogP contribution in [0.4, 0.5) is 11.4 Å². The lowest BCUT2D eigenvalue weighted by atomic mass is 10.3. The SMILES string of the molecule is CSc1cccc(NC(=S)Nc2ccccc2Br)c1. The summed E-state index contributed by atoms with van der Waals surface area (Å²) in [5.41, 5.74) is 1.93. The first-order valence-electron chi connectivity index (χ1n) is 5.65. The predicted octanol–water partition coefficient (Wildman–Crippen LogP) is 4.98. The largest absolute Gasteiger partial charge is 0.332 e. The van der Waals surface area contributed by atoms with E-state index in [1.54, 1.807) is 11.8 Å². The summed E-state index contributed by atoms with van der Waals surface area (Å²) in [6, 6.07) is 16.0. The molecule has 0 aliphatic rings. The average molecular weight is 353 g/mol. The van der Waals surface area contributed by atoms with Crippen molar-refractivity contribution in [3.63, 3.8) is 0 Å². The van der Waals surface area contributed by atoms with Gasteiger partial charge >= 0.3 is 0 Å². The molecule has 2 N–H and O–H groups in total. The van der Waals surface area contributed by atoms with Crippen LogP contribution in [0.3, 0.4) is 0 Å². The fraction of sp³-hybridized carbons (Fsp3) is 0.0714. The maximum Gasteiger partial charge on any atom is 0.175 e. The Hall–Kier alpha value is -1.04. The van der Waals surface area contributed by atoms with Crippen molar-refractivity contribution >= 4 is 56.4 Å². The number of benzene rings is 2. The van der Waals surface area contributed by atoms with Gasteiger partial charge in [-0.2, -0.15) is 0 Å². The molecule has 2 aromatic rings. The van der Waals surface area contributed by atoms with Crippen LogP contribution in [-0.4, -0.2) is 11.4 Å². The van der Waals surface area contributed by atoms with Crippen molar-refractivity contribution in [2.45, 2.75) is 4.90 Å². The van der Waals surface area contributed by atoms with Crippen molar-refractivity contribution in [3.05, 3.63) is 53.0 Å². The number of nitrogens with one attached hydrogen (secondary N) is 2. The summed E-state index contributed by atoms with van der Waals surface area (Å²) < 4.78 is 0.983. The zero-order valence-electron chi connectivity index (χ0n) is 10.3. The lowest BCUT2D eigenvalue weighted by molar-refractivity contribution is 1.45. The Morgan fingerprint density at radius 2 is 1.89 bits per heavy atom. The van der Waals surface area contributed by atoms with Crippen LogP contribution in [0.2, 0.25) is 0 Å². The van der Waals surface area contributed by atoms with Gasteiger partial charge in [-0.25, -0.2) is 0 Å². The van der Waals surface area contributed by atoms with Gasteiger partial charge in [-0.05, 0) is 64.7 Å². The van der Waals surface area contributed by atoms with Gasteiger partial charge in [0.25, 0.3) is 0 Å². The van der Waals surface area contributed by atoms with E-state index in [0.717, 1.165) is 15.8 Å². The Bertz CT molecular complexity index is 587. The normalized spacial score (nSPS) is 10.0. The molecule has 0 bridgehead atoms. The molecule has 19 heavy (non-hydrogen) atoms. The number of rotatable bonds is 3. The topological polar surface area (TPSA) is 24.1 Å². The summed E-state index contributed by atoms with van der Waals surface area (Å²) in [6.45, 7) is 0.